The van der Waals surface area contributed by atoms with Crippen LogP contribution in [-0.4, -0.2) is 24.7 Å². The third kappa shape index (κ3) is 1.70. The monoisotopic (exact) mass is 143 g/mol. The lowest BCUT2D eigenvalue weighted by Crippen LogP contribution is -2.32. The van der Waals surface area contributed by atoms with Gasteiger partial charge in [-0.1, -0.05) is 0 Å². The molecule has 58 valence electrons. The van der Waals surface area contributed by atoms with Crippen LogP contribution in [0.1, 0.15) is 20.3 Å². The number of esters is 1. The fourth-order valence-corrected chi connectivity index (χ4v) is 1.23. The lowest BCUT2D eigenvalue weighted by molar-refractivity contribution is -0.153. The molecule has 1 rings (SSSR count). The van der Waals surface area contributed by atoms with Crippen LogP contribution in [0.5, 0.6) is 0 Å². The highest BCUT2D eigenvalue weighted by Crippen LogP contribution is 2.18. The molecule has 1 atom stereocenters. The molecule has 0 spiro atoms. The molecule has 3 nitrogen and oxygen atoms in total. The molecule has 0 bridgehead atoms. The summed E-state index contributed by atoms with van der Waals surface area (Å²) in [5, 5.41) is 3.14. The topological polar surface area (TPSA) is 38.3 Å². The van der Waals surface area contributed by atoms with Gasteiger partial charge in [0.05, 0.1) is 0 Å². The number of nitrogens with one attached hydrogen (secondary N) is 1. The van der Waals surface area contributed by atoms with E-state index in [1.54, 1.807) is 0 Å². The van der Waals surface area contributed by atoms with Gasteiger partial charge in [-0.3, -0.25) is 4.79 Å². The lowest BCUT2D eigenvalue weighted by Gasteiger charge is -2.21. The van der Waals surface area contributed by atoms with Crippen molar-refractivity contribution in [3.05, 3.63) is 0 Å². The van der Waals surface area contributed by atoms with Crippen LogP contribution in [0.25, 0.3) is 0 Å². The van der Waals surface area contributed by atoms with E-state index in [1.807, 2.05) is 6.92 Å². The van der Waals surface area contributed by atoms with Crippen molar-refractivity contribution in [3.8, 4) is 0 Å². The van der Waals surface area contributed by atoms with E-state index in [0.717, 1.165) is 19.5 Å². The van der Waals surface area contributed by atoms with Gasteiger partial charge in [0.15, 0.2) is 0 Å². The molecule has 0 aliphatic carbocycles. The maximum atomic E-state index is 10.6. The molecule has 0 amide bonds. The van der Waals surface area contributed by atoms with Crippen molar-refractivity contribution in [2.45, 2.75) is 25.9 Å². The lowest BCUT2D eigenvalue weighted by atomic mass is 10.1. The number of ether oxygens (including phenoxy) is 1. The molecule has 0 aromatic heterocycles. The minimum absolute atomic E-state index is 0.189. The van der Waals surface area contributed by atoms with Gasteiger partial charge in [-0.15, -0.1) is 0 Å². The van der Waals surface area contributed by atoms with Crippen molar-refractivity contribution in [2.24, 2.45) is 0 Å². The Morgan fingerprint density at radius 1 is 1.70 bits per heavy atom. The minimum Gasteiger partial charge on any atom is -0.458 e. The summed E-state index contributed by atoms with van der Waals surface area (Å²) in [5.41, 5.74) is -0.244. The molecular weight excluding hydrogens is 130 g/mol. The first-order valence-electron chi connectivity index (χ1n) is 3.53. The van der Waals surface area contributed by atoms with Gasteiger partial charge in [0.25, 0.3) is 0 Å². The SMILES string of the molecule is CC(=O)O[C@]1(C)CCNC1. The highest BCUT2D eigenvalue weighted by atomic mass is 16.6. The van der Waals surface area contributed by atoms with Crippen LogP contribution in [-0.2, 0) is 9.53 Å². The first-order valence-corrected chi connectivity index (χ1v) is 3.53. The summed E-state index contributed by atoms with van der Waals surface area (Å²) in [6.45, 7) is 5.13. The largest absolute Gasteiger partial charge is 0.458 e. The fraction of sp³-hybridized carbons (Fsp3) is 0.857. The average Bonchev–Trinajstić information content (AvgIpc) is 2.12. The molecule has 0 unspecified atom stereocenters. The molecule has 0 radical (unpaired) electrons. The van der Waals surface area contributed by atoms with Crippen LogP contribution < -0.4 is 5.32 Å². The van der Waals surface area contributed by atoms with Crippen molar-refractivity contribution >= 4 is 5.97 Å². The van der Waals surface area contributed by atoms with Gasteiger partial charge in [0.1, 0.15) is 5.60 Å². The van der Waals surface area contributed by atoms with Crippen molar-refractivity contribution in [3.63, 3.8) is 0 Å². The second kappa shape index (κ2) is 2.58. The van der Waals surface area contributed by atoms with Gasteiger partial charge in [-0.2, -0.15) is 0 Å². The molecule has 1 saturated heterocycles. The summed E-state index contributed by atoms with van der Waals surface area (Å²) in [4.78, 5) is 10.6. The third-order valence-electron chi connectivity index (χ3n) is 1.72. The Morgan fingerprint density at radius 3 is 2.80 bits per heavy atom. The van der Waals surface area contributed by atoms with Gasteiger partial charge in [0, 0.05) is 19.9 Å². The first-order chi connectivity index (χ1) is 4.62. The summed E-state index contributed by atoms with van der Waals surface area (Å²) in [6, 6.07) is 0. The highest BCUT2D eigenvalue weighted by Gasteiger charge is 2.31. The van der Waals surface area contributed by atoms with E-state index in [-0.39, 0.29) is 11.6 Å². The molecule has 0 aromatic carbocycles. The summed E-state index contributed by atoms with van der Waals surface area (Å²) in [5.74, 6) is -0.189. The van der Waals surface area contributed by atoms with Crippen LogP contribution >= 0.6 is 0 Å². The minimum atomic E-state index is -0.244. The maximum Gasteiger partial charge on any atom is 0.303 e. The number of carbonyl (C=O) groups is 1. The number of hydrogen-bond donors (Lipinski definition) is 1. The smallest absolute Gasteiger partial charge is 0.303 e. The van der Waals surface area contributed by atoms with Crippen LogP contribution in [0.15, 0.2) is 0 Å². The van der Waals surface area contributed by atoms with E-state index < -0.39 is 0 Å². The third-order valence-corrected chi connectivity index (χ3v) is 1.72. The van der Waals surface area contributed by atoms with Gasteiger partial charge in [-0.25, -0.2) is 0 Å². The normalized spacial score (nSPS) is 32.2. The zero-order chi connectivity index (χ0) is 7.61. The van der Waals surface area contributed by atoms with E-state index >= 15 is 0 Å². The second-order valence-electron chi connectivity index (χ2n) is 2.97. The Bertz CT molecular complexity index is 139. The van der Waals surface area contributed by atoms with Crippen molar-refractivity contribution in [2.75, 3.05) is 13.1 Å². The quantitative estimate of drug-likeness (QED) is 0.536. The molecular formula is C7H13NO2. The Balaban J connectivity index is 2.43. The molecule has 1 heterocycles. The Morgan fingerprint density at radius 2 is 2.40 bits per heavy atom. The van der Waals surface area contributed by atoms with Crippen molar-refractivity contribution < 1.29 is 9.53 Å². The van der Waals surface area contributed by atoms with Crippen LogP contribution in [0.2, 0.25) is 0 Å². The van der Waals surface area contributed by atoms with Crippen molar-refractivity contribution in [1.82, 2.24) is 5.32 Å². The molecule has 1 fully saturated rings. The summed E-state index contributed by atoms with van der Waals surface area (Å²) < 4.78 is 5.10. The summed E-state index contributed by atoms with van der Waals surface area (Å²) >= 11 is 0. The van der Waals surface area contributed by atoms with E-state index in [9.17, 15) is 4.79 Å². The number of rotatable bonds is 1. The van der Waals surface area contributed by atoms with Crippen molar-refractivity contribution in [1.29, 1.82) is 0 Å². The molecule has 1 aliphatic rings. The molecule has 0 aromatic rings. The molecule has 10 heavy (non-hydrogen) atoms. The Hall–Kier alpha value is -0.570. The first kappa shape index (κ1) is 7.54. The van der Waals surface area contributed by atoms with E-state index in [0.29, 0.717) is 0 Å². The van der Waals surface area contributed by atoms with Gasteiger partial charge in [-0.05, 0) is 13.5 Å². The zero-order valence-corrected chi connectivity index (χ0v) is 6.44. The second-order valence-corrected chi connectivity index (χ2v) is 2.97. The predicted octanol–water partition coefficient (Wildman–Crippen LogP) is 0.301. The standard InChI is InChI=1S/C7H13NO2/c1-6(9)10-7(2)3-4-8-5-7/h8H,3-5H2,1-2H3/t7-/m1/s1. The van der Waals surface area contributed by atoms with E-state index in [2.05, 4.69) is 5.32 Å². The Kier molecular flexibility index (Phi) is 1.94. The predicted molar refractivity (Wildman–Crippen MR) is 37.7 cm³/mol. The molecule has 0 saturated carbocycles. The van der Waals surface area contributed by atoms with Crippen LogP contribution in [0.3, 0.4) is 0 Å². The van der Waals surface area contributed by atoms with Gasteiger partial charge < -0.3 is 10.1 Å². The maximum absolute atomic E-state index is 10.6. The summed E-state index contributed by atoms with van der Waals surface area (Å²) in [6.07, 6.45) is 0.923. The summed E-state index contributed by atoms with van der Waals surface area (Å²) in [7, 11) is 0. The van der Waals surface area contributed by atoms with E-state index in [1.165, 1.54) is 6.92 Å². The zero-order valence-electron chi connectivity index (χ0n) is 6.44. The molecule has 1 aliphatic heterocycles. The number of carbonyl (C=O) groups excluding carboxylic acids is 1. The van der Waals surface area contributed by atoms with Crippen LogP contribution in [0, 0.1) is 0 Å². The molecule has 1 N–H and O–H groups in total. The highest BCUT2D eigenvalue weighted by molar-refractivity contribution is 5.66. The fourth-order valence-electron chi connectivity index (χ4n) is 1.23. The van der Waals surface area contributed by atoms with Gasteiger partial charge in [0.2, 0.25) is 0 Å². The Labute approximate surface area is 60.7 Å². The average molecular weight is 143 g/mol. The molecule has 3 heteroatoms. The number of hydrogen-bond acceptors (Lipinski definition) is 3. The van der Waals surface area contributed by atoms with E-state index in [4.69, 9.17) is 4.74 Å². The van der Waals surface area contributed by atoms with Gasteiger partial charge >= 0.3 is 5.97 Å². The van der Waals surface area contributed by atoms with Crippen LogP contribution in [0.4, 0.5) is 0 Å².